The zero-order valence-corrected chi connectivity index (χ0v) is 9.79. The largest absolute Gasteiger partial charge is 0.480 e. The number of likely N-dealkylation sites (N-methyl/N-ethyl adjacent to an activating group) is 1. The van der Waals surface area contributed by atoms with Crippen LogP contribution in [0.1, 0.15) is 40.0 Å². The number of nitrogens with zero attached hydrogens (tertiary/aromatic N) is 1. The predicted octanol–water partition coefficient (Wildman–Crippen LogP) is 2.22. The molecule has 0 saturated carbocycles. The molecule has 0 radical (unpaired) electrons. The van der Waals surface area contributed by atoms with Crippen LogP contribution in [0.25, 0.3) is 0 Å². The van der Waals surface area contributed by atoms with Crippen molar-refractivity contribution in [2.45, 2.75) is 46.1 Å². The van der Waals surface area contributed by atoms with Crippen LogP contribution in [-0.4, -0.2) is 35.6 Å². The van der Waals surface area contributed by atoms with E-state index in [1.54, 1.807) is 0 Å². The fourth-order valence-electron chi connectivity index (χ4n) is 1.88. The van der Waals surface area contributed by atoms with E-state index in [1.807, 2.05) is 18.9 Å². The quantitative estimate of drug-likeness (QED) is 0.686. The van der Waals surface area contributed by atoms with Crippen molar-refractivity contribution in [1.82, 2.24) is 4.90 Å². The van der Waals surface area contributed by atoms with Gasteiger partial charge in [-0.25, -0.2) is 0 Å². The molecule has 0 aliphatic rings. The lowest BCUT2D eigenvalue weighted by Crippen LogP contribution is -2.40. The van der Waals surface area contributed by atoms with E-state index in [0.29, 0.717) is 12.3 Å². The molecule has 84 valence electrons. The Bertz CT molecular complexity index is 171. The maximum Gasteiger partial charge on any atom is 0.320 e. The van der Waals surface area contributed by atoms with Crippen LogP contribution in [0, 0.1) is 5.92 Å². The Hall–Kier alpha value is -0.570. The maximum atomic E-state index is 10.9. The van der Waals surface area contributed by atoms with E-state index in [-0.39, 0.29) is 6.04 Å². The predicted molar refractivity (Wildman–Crippen MR) is 58.4 cm³/mol. The number of aliphatic carboxylic acids is 1. The first kappa shape index (κ1) is 13.4. The molecule has 0 aromatic rings. The van der Waals surface area contributed by atoms with Gasteiger partial charge in [-0.1, -0.05) is 27.2 Å². The van der Waals surface area contributed by atoms with Crippen molar-refractivity contribution in [1.29, 1.82) is 0 Å². The fourth-order valence-corrected chi connectivity index (χ4v) is 1.88. The summed E-state index contributed by atoms with van der Waals surface area (Å²) in [5.41, 5.74) is 0. The number of carbonyl (C=O) groups is 1. The fraction of sp³-hybridized carbons (Fsp3) is 0.909. The number of hydrogen-bond acceptors (Lipinski definition) is 2. The van der Waals surface area contributed by atoms with Gasteiger partial charge in [0, 0.05) is 6.54 Å². The van der Waals surface area contributed by atoms with Crippen LogP contribution in [0.3, 0.4) is 0 Å². The van der Waals surface area contributed by atoms with E-state index in [9.17, 15) is 4.79 Å². The molecular weight excluding hydrogens is 178 g/mol. The van der Waals surface area contributed by atoms with Gasteiger partial charge >= 0.3 is 5.97 Å². The summed E-state index contributed by atoms with van der Waals surface area (Å²) in [6.07, 6.45) is 3.00. The van der Waals surface area contributed by atoms with E-state index >= 15 is 0 Å². The van der Waals surface area contributed by atoms with Gasteiger partial charge in [0.15, 0.2) is 0 Å². The van der Waals surface area contributed by atoms with Gasteiger partial charge in [0.1, 0.15) is 6.04 Å². The Morgan fingerprint density at radius 1 is 1.43 bits per heavy atom. The lowest BCUT2D eigenvalue weighted by atomic mass is 10.0. The average molecular weight is 201 g/mol. The van der Waals surface area contributed by atoms with Crippen LogP contribution in [-0.2, 0) is 4.79 Å². The van der Waals surface area contributed by atoms with Crippen LogP contribution < -0.4 is 0 Å². The Morgan fingerprint density at radius 3 is 2.36 bits per heavy atom. The Morgan fingerprint density at radius 2 is 2.00 bits per heavy atom. The molecule has 3 heteroatoms. The Kier molecular flexibility index (Phi) is 6.54. The average Bonchev–Trinajstić information content (AvgIpc) is 2.04. The lowest BCUT2D eigenvalue weighted by molar-refractivity contribution is -0.143. The van der Waals surface area contributed by atoms with E-state index in [1.165, 1.54) is 12.8 Å². The summed E-state index contributed by atoms with van der Waals surface area (Å²) in [6, 6.07) is -0.325. The van der Waals surface area contributed by atoms with Gasteiger partial charge in [0.05, 0.1) is 0 Å². The van der Waals surface area contributed by atoms with Crippen molar-refractivity contribution < 1.29 is 9.90 Å². The second-order valence-corrected chi connectivity index (χ2v) is 4.10. The third-order valence-corrected chi connectivity index (χ3v) is 2.58. The van der Waals surface area contributed by atoms with Gasteiger partial charge in [-0.2, -0.15) is 0 Å². The number of rotatable bonds is 7. The molecule has 0 rings (SSSR count). The molecular formula is C11H23NO2. The van der Waals surface area contributed by atoms with Gasteiger partial charge in [-0.3, -0.25) is 9.69 Å². The minimum absolute atomic E-state index is 0.325. The monoisotopic (exact) mass is 201 g/mol. The van der Waals surface area contributed by atoms with Crippen molar-refractivity contribution in [2.24, 2.45) is 5.92 Å². The minimum atomic E-state index is -0.710. The molecule has 14 heavy (non-hydrogen) atoms. The van der Waals surface area contributed by atoms with Crippen molar-refractivity contribution in [3.05, 3.63) is 0 Å². The highest BCUT2D eigenvalue weighted by atomic mass is 16.4. The van der Waals surface area contributed by atoms with E-state index in [2.05, 4.69) is 13.8 Å². The first-order valence-electron chi connectivity index (χ1n) is 5.45. The second-order valence-electron chi connectivity index (χ2n) is 4.10. The van der Waals surface area contributed by atoms with E-state index < -0.39 is 5.97 Å². The summed E-state index contributed by atoms with van der Waals surface area (Å²) < 4.78 is 0. The molecule has 1 N–H and O–H groups in total. The number of carboxylic acid groups (broad SMARTS) is 1. The van der Waals surface area contributed by atoms with Gasteiger partial charge < -0.3 is 5.11 Å². The first-order valence-corrected chi connectivity index (χ1v) is 5.45. The minimum Gasteiger partial charge on any atom is -0.480 e. The molecule has 0 heterocycles. The molecule has 0 amide bonds. The summed E-state index contributed by atoms with van der Waals surface area (Å²) >= 11 is 0. The number of carboxylic acids is 1. The van der Waals surface area contributed by atoms with Gasteiger partial charge in [-0.15, -0.1) is 0 Å². The van der Waals surface area contributed by atoms with Crippen LogP contribution in [0.2, 0.25) is 0 Å². The summed E-state index contributed by atoms with van der Waals surface area (Å²) in [7, 11) is 1.90. The third-order valence-electron chi connectivity index (χ3n) is 2.58. The smallest absolute Gasteiger partial charge is 0.320 e. The summed E-state index contributed by atoms with van der Waals surface area (Å²) in [4.78, 5) is 12.8. The molecule has 3 nitrogen and oxygen atoms in total. The molecule has 0 saturated heterocycles. The van der Waals surface area contributed by atoms with Crippen LogP contribution in [0.15, 0.2) is 0 Å². The maximum absolute atomic E-state index is 10.9. The summed E-state index contributed by atoms with van der Waals surface area (Å²) in [5, 5.41) is 8.94. The van der Waals surface area contributed by atoms with Crippen LogP contribution in [0.5, 0.6) is 0 Å². The first-order chi connectivity index (χ1) is 6.52. The van der Waals surface area contributed by atoms with Crippen LogP contribution >= 0.6 is 0 Å². The molecule has 0 aliphatic carbocycles. The summed E-state index contributed by atoms with van der Waals surface area (Å²) in [6.45, 7) is 7.12. The van der Waals surface area contributed by atoms with Gasteiger partial charge in [-0.05, 0) is 25.8 Å². The second kappa shape index (κ2) is 6.82. The van der Waals surface area contributed by atoms with Crippen LogP contribution in [0.4, 0.5) is 0 Å². The molecule has 0 aliphatic heterocycles. The molecule has 2 unspecified atom stereocenters. The van der Waals surface area contributed by atoms with E-state index in [4.69, 9.17) is 5.11 Å². The molecule has 0 fully saturated rings. The molecule has 0 aromatic heterocycles. The van der Waals surface area contributed by atoms with Crippen molar-refractivity contribution >= 4 is 5.97 Å². The molecule has 0 spiro atoms. The van der Waals surface area contributed by atoms with Crippen molar-refractivity contribution in [3.8, 4) is 0 Å². The van der Waals surface area contributed by atoms with E-state index in [0.717, 1.165) is 6.54 Å². The molecule has 0 aromatic carbocycles. The van der Waals surface area contributed by atoms with Gasteiger partial charge in [0.25, 0.3) is 0 Å². The molecule has 0 bridgehead atoms. The standard InChI is InChI=1S/C11H23NO2/c1-5-7-9(3)8-12(4)10(6-2)11(13)14/h9-10H,5-8H2,1-4H3,(H,13,14). The zero-order chi connectivity index (χ0) is 11.1. The Labute approximate surface area is 87.1 Å². The normalized spacial score (nSPS) is 15.5. The highest BCUT2D eigenvalue weighted by Gasteiger charge is 2.21. The number of hydrogen-bond donors (Lipinski definition) is 1. The summed E-state index contributed by atoms with van der Waals surface area (Å²) in [5.74, 6) is -0.128. The highest BCUT2D eigenvalue weighted by molar-refractivity contribution is 5.73. The third kappa shape index (κ3) is 4.61. The highest BCUT2D eigenvalue weighted by Crippen LogP contribution is 2.10. The van der Waals surface area contributed by atoms with Crippen molar-refractivity contribution in [2.75, 3.05) is 13.6 Å². The van der Waals surface area contributed by atoms with Gasteiger partial charge in [0.2, 0.25) is 0 Å². The van der Waals surface area contributed by atoms with Crippen molar-refractivity contribution in [3.63, 3.8) is 0 Å². The topological polar surface area (TPSA) is 40.5 Å². The zero-order valence-electron chi connectivity index (χ0n) is 9.79. The SMILES string of the molecule is CCCC(C)CN(C)C(CC)C(=O)O. The molecule has 2 atom stereocenters. The Balaban J connectivity index is 4.03. The lowest BCUT2D eigenvalue weighted by Gasteiger charge is -2.26.